The number of rotatable bonds is 3. The van der Waals surface area contributed by atoms with Crippen molar-refractivity contribution in [2.24, 2.45) is 0 Å². The maximum absolute atomic E-state index is 13.1. The first-order valence-corrected chi connectivity index (χ1v) is 9.19. The van der Waals surface area contributed by atoms with Crippen molar-refractivity contribution in [2.75, 3.05) is 6.54 Å². The van der Waals surface area contributed by atoms with Gasteiger partial charge in [-0.1, -0.05) is 25.3 Å². The van der Waals surface area contributed by atoms with Crippen molar-refractivity contribution in [2.45, 2.75) is 69.4 Å². The molecule has 2 atom stereocenters. The second-order valence-corrected chi connectivity index (χ2v) is 7.53. The molecule has 3 nitrogen and oxygen atoms in total. The zero-order valence-corrected chi connectivity index (χ0v) is 13.7. The van der Waals surface area contributed by atoms with Crippen molar-refractivity contribution < 1.29 is 4.79 Å². The largest absolute Gasteiger partial charge is 0.351 e. The molecule has 0 bridgehead atoms. The summed E-state index contributed by atoms with van der Waals surface area (Å²) in [4.78, 5) is 14.4. The molecule has 2 aliphatic rings. The molecule has 1 saturated heterocycles. The van der Waals surface area contributed by atoms with Crippen LogP contribution < -0.4 is 10.6 Å². The fourth-order valence-corrected chi connectivity index (χ4v) is 4.82. The zero-order valence-electron chi connectivity index (χ0n) is 12.9. The Hall–Kier alpha value is -0.870. The predicted molar refractivity (Wildman–Crippen MR) is 87.7 cm³/mol. The average Bonchev–Trinajstić information content (AvgIpc) is 3.05. The van der Waals surface area contributed by atoms with Gasteiger partial charge in [0, 0.05) is 17.0 Å². The highest BCUT2D eigenvalue weighted by atomic mass is 32.1. The smallest absolute Gasteiger partial charge is 0.231 e. The van der Waals surface area contributed by atoms with Crippen LogP contribution in [0.25, 0.3) is 0 Å². The average molecular weight is 306 g/mol. The van der Waals surface area contributed by atoms with E-state index < -0.39 is 0 Å². The second kappa shape index (κ2) is 6.49. The zero-order chi connectivity index (χ0) is 14.7. The number of thiophene rings is 1. The molecule has 3 rings (SSSR count). The lowest BCUT2D eigenvalue weighted by Gasteiger charge is -2.38. The van der Waals surface area contributed by atoms with Gasteiger partial charge in [0.05, 0.1) is 5.41 Å². The summed E-state index contributed by atoms with van der Waals surface area (Å²) >= 11 is 1.74. The van der Waals surface area contributed by atoms with Crippen LogP contribution in [0.5, 0.6) is 0 Å². The van der Waals surface area contributed by atoms with Gasteiger partial charge in [-0.2, -0.15) is 0 Å². The summed E-state index contributed by atoms with van der Waals surface area (Å²) in [7, 11) is 0. The Morgan fingerprint density at radius 3 is 2.81 bits per heavy atom. The van der Waals surface area contributed by atoms with Crippen molar-refractivity contribution in [3.63, 3.8) is 0 Å². The van der Waals surface area contributed by atoms with Crippen LogP contribution in [0.15, 0.2) is 17.5 Å². The molecule has 1 aromatic heterocycles. The SMILES string of the molecule is CC1NCCCC1NC(=O)C1(c2cccs2)CCCCC1. The van der Waals surface area contributed by atoms with Gasteiger partial charge in [-0.25, -0.2) is 0 Å². The normalized spacial score (nSPS) is 29.0. The van der Waals surface area contributed by atoms with Gasteiger partial charge >= 0.3 is 0 Å². The number of hydrogen-bond donors (Lipinski definition) is 2. The number of nitrogens with one attached hydrogen (secondary N) is 2. The topological polar surface area (TPSA) is 41.1 Å². The number of piperidine rings is 1. The van der Waals surface area contributed by atoms with E-state index in [2.05, 4.69) is 35.1 Å². The lowest BCUT2D eigenvalue weighted by Crippen LogP contribution is -2.56. The molecule has 1 aliphatic carbocycles. The maximum atomic E-state index is 13.1. The molecule has 116 valence electrons. The van der Waals surface area contributed by atoms with E-state index in [0.717, 1.165) is 32.2 Å². The fourth-order valence-electron chi connectivity index (χ4n) is 3.84. The summed E-state index contributed by atoms with van der Waals surface area (Å²) in [6.45, 7) is 3.26. The van der Waals surface area contributed by atoms with Crippen molar-refractivity contribution in [1.82, 2.24) is 10.6 Å². The van der Waals surface area contributed by atoms with Gasteiger partial charge in [-0.3, -0.25) is 4.79 Å². The van der Waals surface area contributed by atoms with E-state index in [9.17, 15) is 4.79 Å². The highest BCUT2D eigenvalue weighted by molar-refractivity contribution is 7.10. The monoisotopic (exact) mass is 306 g/mol. The van der Waals surface area contributed by atoms with Gasteiger partial charge in [0.15, 0.2) is 0 Å². The van der Waals surface area contributed by atoms with Crippen molar-refractivity contribution in [3.8, 4) is 0 Å². The van der Waals surface area contributed by atoms with E-state index >= 15 is 0 Å². The Morgan fingerprint density at radius 1 is 1.33 bits per heavy atom. The standard InChI is InChI=1S/C17H26N2OS/c1-13-14(7-5-11-18-13)19-16(20)17(9-3-2-4-10-17)15-8-6-12-21-15/h6,8,12-14,18H,2-5,7,9-11H2,1H3,(H,19,20). The molecular weight excluding hydrogens is 280 g/mol. The third-order valence-electron chi connectivity index (χ3n) is 5.21. The summed E-state index contributed by atoms with van der Waals surface area (Å²) in [6.07, 6.45) is 7.87. The molecule has 1 aromatic rings. The first-order valence-electron chi connectivity index (χ1n) is 8.31. The molecule has 0 aromatic carbocycles. The van der Waals surface area contributed by atoms with E-state index in [1.54, 1.807) is 11.3 Å². The Morgan fingerprint density at radius 2 is 2.14 bits per heavy atom. The van der Waals surface area contributed by atoms with Crippen molar-refractivity contribution in [3.05, 3.63) is 22.4 Å². The van der Waals surface area contributed by atoms with E-state index in [1.165, 1.54) is 24.1 Å². The molecular formula is C17H26N2OS. The summed E-state index contributed by atoms with van der Waals surface area (Å²) < 4.78 is 0. The quantitative estimate of drug-likeness (QED) is 0.900. The lowest BCUT2D eigenvalue weighted by molar-refractivity contribution is -0.129. The summed E-state index contributed by atoms with van der Waals surface area (Å²) in [6, 6.07) is 4.89. The minimum atomic E-state index is -0.260. The van der Waals surface area contributed by atoms with Crippen LogP contribution in [0.3, 0.4) is 0 Å². The van der Waals surface area contributed by atoms with Gasteiger partial charge in [-0.05, 0) is 50.6 Å². The Kier molecular flexibility index (Phi) is 4.65. The maximum Gasteiger partial charge on any atom is 0.231 e. The Balaban J connectivity index is 1.78. The Bertz CT molecular complexity index is 465. The second-order valence-electron chi connectivity index (χ2n) is 6.59. The van der Waals surface area contributed by atoms with Crippen molar-refractivity contribution >= 4 is 17.2 Å². The van der Waals surface area contributed by atoms with E-state index in [4.69, 9.17) is 0 Å². The van der Waals surface area contributed by atoms with Gasteiger partial charge in [0.1, 0.15) is 0 Å². The molecule has 2 unspecified atom stereocenters. The summed E-state index contributed by atoms with van der Waals surface area (Å²) in [5.41, 5.74) is -0.260. The fraction of sp³-hybridized carbons (Fsp3) is 0.706. The van der Waals surface area contributed by atoms with Gasteiger partial charge in [0.25, 0.3) is 0 Å². The molecule has 21 heavy (non-hydrogen) atoms. The highest BCUT2D eigenvalue weighted by Gasteiger charge is 2.43. The van der Waals surface area contributed by atoms with Crippen LogP contribution >= 0.6 is 11.3 Å². The van der Waals surface area contributed by atoms with Crippen LogP contribution in [-0.2, 0) is 10.2 Å². The molecule has 1 saturated carbocycles. The highest BCUT2D eigenvalue weighted by Crippen LogP contribution is 2.42. The van der Waals surface area contributed by atoms with Crippen LogP contribution in [0.2, 0.25) is 0 Å². The van der Waals surface area contributed by atoms with Crippen LogP contribution in [0.4, 0.5) is 0 Å². The predicted octanol–water partition coefficient (Wildman–Crippen LogP) is 3.21. The number of carbonyl (C=O) groups is 1. The molecule has 4 heteroatoms. The number of carbonyl (C=O) groups excluding carboxylic acids is 1. The van der Waals surface area contributed by atoms with Gasteiger partial charge in [-0.15, -0.1) is 11.3 Å². The number of amides is 1. The van der Waals surface area contributed by atoms with Crippen LogP contribution in [0, 0.1) is 0 Å². The number of hydrogen-bond acceptors (Lipinski definition) is 3. The molecule has 2 N–H and O–H groups in total. The molecule has 0 spiro atoms. The first-order chi connectivity index (χ1) is 10.2. The van der Waals surface area contributed by atoms with E-state index in [-0.39, 0.29) is 17.4 Å². The Labute approximate surface area is 131 Å². The van der Waals surface area contributed by atoms with Crippen LogP contribution in [-0.4, -0.2) is 24.5 Å². The van der Waals surface area contributed by atoms with Gasteiger partial charge in [0.2, 0.25) is 5.91 Å². The third-order valence-corrected chi connectivity index (χ3v) is 6.29. The summed E-state index contributed by atoms with van der Waals surface area (Å²) in [5, 5.41) is 8.95. The molecule has 2 heterocycles. The van der Waals surface area contributed by atoms with Crippen LogP contribution in [0.1, 0.15) is 56.7 Å². The molecule has 0 radical (unpaired) electrons. The minimum absolute atomic E-state index is 0.260. The minimum Gasteiger partial charge on any atom is -0.351 e. The molecule has 1 amide bonds. The third kappa shape index (κ3) is 3.02. The van der Waals surface area contributed by atoms with E-state index in [0.29, 0.717) is 6.04 Å². The van der Waals surface area contributed by atoms with Gasteiger partial charge < -0.3 is 10.6 Å². The summed E-state index contributed by atoms with van der Waals surface area (Å²) in [5.74, 6) is 0.269. The molecule has 2 fully saturated rings. The van der Waals surface area contributed by atoms with Crippen molar-refractivity contribution in [1.29, 1.82) is 0 Å². The lowest BCUT2D eigenvalue weighted by atomic mass is 9.72. The molecule has 1 aliphatic heterocycles. The first kappa shape index (κ1) is 15.0. The van der Waals surface area contributed by atoms with E-state index in [1.807, 2.05) is 0 Å².